The van der Waals surface area contributed by atoms with E-state index in [1.807, 2.05) is 6.92 Å². The second kappa shape index (κ2) is 5.77. The Kier molecular flexibility index (Phi) is 4.48. The topological polar surface area (TPSA) is 48.0 Å². The van der Waals surface area contributed by atoms with E-state index in [1.165, 1.54) is 7.11 Å². The molecule has 2 fully saturated rings. The smallest absolute Gasteiger partial charge is 0.308 e. The van der Waals surface area contributed by atoms with E-state index in [9.17, 15) is 4.79 Å². The number of rotatable bonds is 4. The molecule has 0 N–H and O–H groups in total. The molecule has 5 heteroatoms. The van der Waals surface area contributed by atoms with Gasteiger partial charge in [-0.1, -0.05) is 0 Å². The molecular formula is C14H25NO4. The van der Waals surface area contributed by atoms with Gasteiger partial charge in [-0.3, -0.25) is 4.79 Å². The fraction of sp³-hybridized carbons (Fsp3) is 0.929. The fourth-order valence-electron chi connectivity index (χ4n) is 2.93. The van der Waals surface area contributed by atoms with Crippen molar-refractivity contribution in [2.45, 2.75) is 51.5 Å². The van der Waals surface area contributed by atoms with Crippen molar-refractivity contribution < 1.29 is 19.0 Å². The van der Waals surface area contributed by atoms with Crippen molar-refractivity contribution >= 4 is 5.97 Å². The Hall–Kier alpha value is -0.650. The van der Waals surface area contributed by atoms with Crippen LogP contribution in [0, 0.1) is 5.92 Å². The van der Waals surface area contributed by atoms with Crippen LogP contribution < -0.4 is 0 Å². The highest BCUT2D eigenvalue weighted by atomic mass is 16.7. The van der Waals surface area contributed by atoms with Crippen LogP contribution >= 0.6 is 0 Å². The normalized spacial score (nSPS) is 36.1. The first-order valence-corrected chi connectivity index (χ1v) is 7.07. The molecule has 0 aromatic rings. The van der Waals surface area contributed by atoms with Crippen LogP contribution in [0.5, 0.6) is 0 Å². The predicted molar refractivity (Wildman–Crippen MR) is 70.7 cm³/mol. The Balaban J connectivity index is 1.89. The van der Waals surface area contributed by atoms with Gasteiger partial charge in [0, 0.05) is 18.5 Å². The van der Waals surface area contributed by atoms with Crippen LogP contribution in [0.2, 0.25) is 0 Å². The average Bonchev–Trinajstić information content (AvgIpc) is 2.97. The highest BCUT2D eigenvalue weighted by Crippen LogP contribution is 2.37. The minimum absolute atomic E-state index is 0.175. The van der Waals surface area contributed by atoms with Crippen LogP contribution in [0.4, 0.5) is 0 Å². The summed E-state index contributed by atoms with van der Waals surface area (Å²) in [5, 5.41) is 0. The highest BCUT2D eigenvalue weighted by molar-refractivity contribution is 5.69. The molecule has 19 heavy (non-hydrogen) atoms. The third-order valence-corrected chi connectivity index (χ3v) is 4.27. The molecule has 0 aromatic carbocycles. The maximum atomic E-state index is 11.3. The molecule has 0 saturated carbocycles. The van der Waals surface area contributed by atoms with Gasteiger partial charge in [0.25, 0.3) is 0 Å². The number of hydrogen-bond acceptors (Lipinski definition) is 5. The van der Waals surface area contributed by atoms with Crippen molar-refractivity contribution in [1.82, 2.24) is 4.90 Å². The number of esters is 1. The second-order valence-electron chi connectivity index (χ2n) is 5.92. The molecule has 0 spiro atoms. The van der Waals surface area contributed by atoms with Gasteiger partial charge in [0.1, 0.15) is 0 Å². The lowest BCUT2D eigenvalue weighted by Crippen LogP contribution is -2.39. The molecule has 0 amide bonds. The van der Waals surface area contributed by atoms with E-state index in [1.54, 1.807) is 0 Å². The first kappa shape index (κ1) is 14.8. The molecule has 0 aliphatic carbocycles. The number of likely N-dealkylation sites (tertiary alicyclic amines) is 1. The molecule has 2 rings (SSSR count). The van der Waals surface area contributed by atoms with E-state index in [4.69, 9.17) is 9.47 Å². The summed E-state index contributed by atoms with van der Waals surface area (Å²) >= 11 is 0. The zero-order valence-corrected chi connectivity index (χ0v) is 12.3. The molecule has 0 aromatic heterocycles. The summed E-state index contributed by atoms with van der Waals surface area (Å²) in [7, 11) is 1.40. The van der Waals surface area contributed by atoms with Crippen molar-refractivity contribution in [3.63, 3.8) is 0 Å². The third-order valence-electron chi connectivity index (χ3n) is 4.27. The van der Waals surface area contributed by atoms with E-state index in [0.717, 1.165) is 19.5 Å². The van der Waals surface area contributed by atoms with Crippen molar-refractivity contribution in [3.8, 4) is 0 Å². The monoisotopic (exact) mass is 271 g/mol. The van der Waals surface area contributed by atoms with Crippen LogP contribution in [-0.4, -0.2) is 55.6 Å². The van der Waals surface area contributed by atoms with Crippen LogP contribution in [0.15, 0.2) is 0 Å². The highest BCUT2D eigenvalue weighted by Gasteiger charge is 2.47. The molecule has 3 unspecified atom stereocenters. The van der Waals surface area contributed by atoms with Crippen molar-refractivity contribution in [3.05, 3.63) is 0 Å². The standard InChI is InChI=1S/C14H25NO4/c1-10(2)15-6-5-11(8-15)14(3)18-9-12(19-14)7-13(16)17-4/h10-12H,5-9H2,1-4H3. The van der Waals surface area contributed by atoms with Gasteiger partial charge in [0.15, 0.2) is 5.79 Å². The number of ether oxygens (including phenoxy) is 3. The maximum absolute atomic E-state index is 11.3. The largest absolute Gasteiger partial charge is 0.469 e. The lowest BCUT2D eigenvalue weighted by molar-refractivity contribution is -0.190. The quantitative estimate of drug-likeness (QED) is 0.724. The number of nitrogens with zero attached hydrogens (tertiary/aromatic N) is 1. The molecule has 2 heterocycles. The molecule has 2 saturated heterocycles. The van der Waals surface area contributed by atoms with Gasteiger partial charge >= 0.3 is 5.97 Å². The third kappa shape index (κ3) is 3.27. The summed E-state index contributed by atoms with van der Waals surface area (Å²) in [5.41, 5.74) is 0. The Bertz CT molecular complexity index is 333. The predicted octanol–water partition coefficient (Wildman–Crippen LogP) is 1.41. The zero-order valence-electron chi connectivity index (χ0n) is 12.3. The van der Waals surface area contributed by atoms with Gasteiger partial charge in [0.2, 0.25) is 0 Å². The van der Waals surface area contributed by atoms with Crippen molar-refractivity contribution in [2.24, 2.45) is 5.92 Å². The zero-order chi connectivity index (χ0) is 14.0. The number of carbonyl (C=O) groups excluding carboxylic acids is 1. The Labute approximate surface area is 115 Å². The summed E-state index contributed by atoms with van der Waals surface area (Å²) in [6.45, 7) is 8.98. The minimum Gasteiger partial charge on any atom is -0.469 e. The van der Waals surface area contributed by atoms with Gasteiger partial charge in [-0.25, -0.2) is 0 Å². The summed E-state index contributed by atoms with van der Waals surface area (Å²) < 4.78 is 16.5. The van der Waals surface area contributed by atoms with Crippen LogP contribution in [0.25, 0.3) is 0 Å². The number of methoxy groups -OCH3 is 1. The fourth-order valence-corrected chi connectivity index (χ4v) is 2.93. The Morgan fingerprint density at radius 3 is 2.84 bits per heavy atom. The lowest BCUT2D eigenvalue weighted by atomic mass is 9.99. The molecule has 2 aliphatic heterocycles. The molecule has 0 radical (unpaired) electrons. The van der Waals surface area contributed by atoms with E-state index in [0.29, 0.717) is 18.6 Å². The SMILES string of the molecule is COC(=O)CC1COC(C)(C2CCN(C(C)C)C2)O1. The molecule has 110 valence electrons. The van der Waals surface area contributed by atoms with Crippen LogP contribution in [-0.2, 0) is 19.0 Å². The van der Waals surface area contributed by atoms with Gasteiger partial charge < -0.3 is 19.1 Å². The van der Waals surface area contributed by atoms with Crippen molar-refractivity contribution in [2.75, 3.05) is 26.8 Å². The second-order valence-corrected chi connectivity index (χ2v) is 5.92. The van der Waals surface area contributed by atoms with Crippen LogP contribution in [0.1, 0.15) is 33.6 Å². The van der Waals surface area contributed by atoms with Gasteiger partial charge in [-0.15, -0.1) is 0 Å². The van der Waals surface area contributed by atoms with Gasteiger partial charge in [-0.2, -0.15) is 0 Å². The summed E-state index contributed by atoms with van der Waals surface area (Å²) in [6, 6.07) is 0.556. The van der Waals surface area contributed by atoms with E-state index >= 15 is 0 Å². The number of carbonyl (C=O) groups is 1. The Morgan fingerprint density at radius 1 is 1.53 bits per heavy atom. The van der Waals surface area contributed by atoms with E-state index < -0.39 is 5.79 Å². The van der Waals surface area contributed by atoms with Gasteiger partial charge in [0.05, 0.1) is 26.2 Å². The summed E-state index contributed by atoms with van der Waals surface area (Å²) in [4.78, 5) is 13.7. The molecule has 3 atom stereocenters. The summed E-state index contributed by atoms with van der Waals surface area (Å²) in [6.07, 6.45) is 1.18. The summed E-state index contributed by atoms with van der Waals surface area (Å²) in [5.74, 6) is -0.423. The molecule has 2 aliphatic rings. The van der Waals surface area contributed by atoms with E-state index in [2.05, 4.69) is 23.5 Å². The minimum atomic E-state index is -0.553. The molecular weight excluding hydrogens is 246 g/mol. The van der Waals surface area contributed by atoms with Gasteiger partial charge in [-0.05, 0) is 33.7 Å². The van der Waals surface area contributed by atoms with Crippen molar-refractivity contribution in [1.29, 1.82) is 0 Å². The lowest BCUT2D eigenvalue weighted by Gasteiger charge is -2.30. The average molecular weight is 271 g/mol. The van der Waals surface area contributed by atoms with Crippen LogP contribution in [0.3, 0.4) is 0 Å². The first-order valence-electron chi connectivity index (χ1n) is 7.07. The molecule has 0 bridgehead atoms. The number of hydrogen-bond donors (Lipinski definition) is 0. The maximum Gasteiger partial charge on any atom is 0.308 e. The van der Waals surface area contributed by atoms with E-state index in [-0.39, 0.29) is 18.5 Å². The molecule has 5 nitrogen and oxygen atoms in total. The first-order chi connectivity index (χ1) is 8.94. The Morgan fingerprint density at radius 2 is 2.26 bits per heavy atom.